The van der Waals surface area contributed by atoms with E-state index in [0.717, 1.165) is 16.5 Å². The molecule has 3 N–H and O–H groups in total. The maximum Gasteiger partial charge on any atom is 0.315 e. The Balaban J connectivity index is 2.02. The van der Waals surface area contributed by atoms with Crippen molar-refractivity contribution in [1.82, 2.24) is 19.9 Å². The number of nitrogens with zero attached hydrogens (tertiary/aromatic N) is 4. The summed E-state index contributed by atoms with van der Waals surface area (Å²) in [6, 6.07) is 5.40. The zero-order valence-electron chi connectivity index (χ0n) is 14.6. The van der Waals surface area contributed by atoms with Gasteiger partial charge in [-0.2, -0.15) is 0 Å². The van der Waals surface area contributed by atoms with Crippen molar-refractivity contribution in [2.45, 2.75) is 6.92 Å². The van der Waals surface area contributed by atoms with Crippen LogP contribution in [0.2, 0.25) is 0 Å². The summed E-state index contributed by atoms with van der Waals surface area (Å²) in [5, 5.41) is 3.90. The standard InChI is InChI=1S/C18H18N6O2/c1-10-4-5-20-8-12(10)14-6-11-7-15(21-9-13(11)16(19)22-14)23-17(25)18(26)24(2)3/h4-9H,1-3H3,(H2,19,22)(H,21,23,25). The summed E-state index contributed by atoms with van der Waals surface area (Å²) in [4.78, 5) is 37.5. The number of nitrogens with one attached hydrogen (secondary N) is 1. The van der Waals surface area contributed by atoms with Crippen LogP contribution in [0.15, 0.2) is 36.8 Å². The van der Waals surface area contributed by atoms with Gasteiger partial charge in [0.05, 0.1) is 5.69 Å². The van der Waals surface area contributed by atoms with E-state index >= 15 is 0 Å². The number of likely N-dealkylation sites (N-methyl/N-ethyl adjacent to an activating group) is 1. The van der Waals surface area contributed by atoms with E-state index in [0.29, 0.717) is 16.9 Å². The Hall–Kier alpha value is -3.55. The molecule has 0 radical (unpaired) electrons. The third-order valence-corrected chi connectivity index (χ3v) is 3.90. The molecule has 0 aliphatic carbocycles. The van der Waals surface area contributed by atoms with Crippen molar-refractivity contribution in [3.8, 4) is 11.3 Å². The molecule has 0 atom stereocenters. The zero-order valence-corrected chi connectivity index (χ0v) is 14.6. The predicted octanol–water partition coefficient (Wildman–Crippen LogP) is 1.61. The normalized spacial score (nSPS) is 10.6. The van der Waals surface area contributed by atoms with Crippen molar-refractivity contribution in [3.05, 3.63) is 42.4 Å². The third-order valence-electron chi connectivity index (χ3n) is 3.90. The number of fused-ring (bicyclic) bond motifs is 1. The van der Waals surface area contributed by atoms with E-state index in [-0.39, 0.29) is 5.82 Å². The number of hydrogen-bond donors (Lipinski definition) is 2. The van der Waals surface area contributed by atoms with Gasteiger partial charge in [-0.05, 0) is 36.1 Å². The smallest absolute Gasteiger partial charge is 0.315 e. The van der Waals surface area contributed by atoms with Gasteiger partial charge in [-0.25, -0.2) is 9.97 Å². The molecular formula is C18H18N6O2. The second-order valence-corrected chi connectivity index (χ2v) is 6.03. The number of carbonyl (C=O) groups is 2. The van der Waals surface area contributed by atoms with Crippen molar-refractivity contribution < 1.29 is 9.59 Å². The van der Waals surface area contributed by atoms with E-state index in [1.807, 2.05) is 19.1 Å². The Morgan fingerprint density at radius 1 is 1.19 bits per heavy atom. The number of nitrogens with two attached hydrogens (primary N) is 1. The van der Waals surface area contributed by atoms with Gasteiger partial charge in [-0.3, -0.25) is 14.6 Å². The van der Waals surface area contributed by atoms with Crippen molar-refractivity contribution in [2.75, 3.05) is 25.1 Å². The fraction of sp³-hybridized carbons (Fsp3) is 0.167. The van der Waals surface area contributed by atoms with Gasteiger partial charge in [0.15, 0.2) is 0 Å². The van der Waals surface area contributed by atoms with Crippen LogP contribution in [-0.4, -0.2) is 45.8 Å². The number of amides is 2. The summed E-state index contributed by atoms with van der Waals surface area (Å²) >= 11 is 0. The maximum absolute atomic E-state index is 11.9. The molecule has 0 aliphatic rings. The molecule has 8 heteroatoms. The molecule has 3 rings (SSSR count). The number of carbonyl (C=O) groups excluding carboxylic acids is 2. The van der Waals surface area contributed by atoms with E-state index in [4.69, 9.17) is 5.73 Å². The van der Waals surface area contributed by atoms with Gasteiger partial charge >= 0.3 is 11.8 Å². The van der Waals surface area contributed by atoms with Crippen LogP contribution in [0.1, 0.15) is 5.56 Å². The number of hydrogen-bond acceptors (Lipinski definition) is 6. The molecule has 0 saturated carbocycles. The van der Waals surface area contributed by atoms with Gasteiger partial charge in [0.2, 0.25) is 0 Å². The number of anilines is 2. The Bertz CT molecular complexity index is 1020. The highest BCUT2D eigenvalue weighted by molar-refractivity contribution is 6.39. The minimum Gasteiger partial charge on any atom is -0.383 e. The second kappa shape index (κ2) is 6.75. The summed E-state index contributed by atoms with van der Waals surface area (Å²) in [6.07, 6.45) is 4.96. The lowest BCUT2D eigenvalue weighted by Gasteiger charge is -2.11. The lowest BCUT2D eigenvalue weighted by atomic mass is 10.1. The van der Waals surface area contributed by atoms with Gasteiger partial charge in [0, 0.05) is 43.6 Å². The molecule has 0 bridgehead atoms. The fourth-order valence-corrected chi connectivity index (χ4v) is 2.49. The Labute approximate surface area is 150 Å². The Kier molecular flexibility index (Phi) is 4.49. The van der Waals surface area contributed by atoms with E-state index in [1.165, 1.54) is 25.2 Å². The number of pyridine rings is 3. The summed E-state index contributed by atoms with van der Waals surface area (Å²) in [5.41, 5.74) is 8.62. The lowest BCUT2D eigenvalue weighted by Crippen LogP contribution is -2.34. The number of aromatic nitrogens is 3. The zero-order chi connectivity index (χ0) is 18.8. The first-order chi connectivity index (χ1) is 12.4. The molecule has 0 spiro atoms. The van der Waals surface area contributed by atoms with Gasteiger partial charge in [0.25, 0.3) is 0 Å². The van der Waals surface area contributed by atoms with Crippen LogP contribution >= 0.6 is 0 Å². The fourth-order valence-electron chi connectivity index (χ4n) is 2.49. The van der Waals surface area contributed by atoms with E-state index in [2.05, 4.69) is 20.3 Å². The average molecular weight is 350 g/mol. The van der Waals surface area contributed by atoms with Crippen LogP contribution < -0.4 is 11.1 Å². The molecule has 3 aromatic heterocycles. The summed E-state index contributed by atoms with van der Waals surface area (Å²) in [5.74, 6) is -0.826. The molecule has 8 nitrogen and oxygen atoms in total. The van der Waals surface area contributed by atoms with Crippen LogP contribution in [-0.2, 0) is 9.59 Å². The highest BCUT2D eigenvalue weighted by atomic mass is 16.2. The van der Waals surface area contributed by atoms with Crippen molar-refractivity contribution in [1.29, 1.82) is 0 Å². The minimum absolute atomic E-state index is 0.261. The first kappa shape index (κ1) is 17.3. The quantitative estimate of drug-likeness (QED) is 0.679. The van der Waals surface area contributed by atoms with Gasteiger partial charge in [-0.15, -0.1) is 0 Å². The molecule has 0 aliphatic heterocycles. The highest BCUT2D eigenvalue weighted by Gasteiger charge is 2.17. The predicted molar refractivity (Wildman–Crippen MR) is 99.2 cm³/mol. The monoisotopic (exact) mass is 350 g/mol. The van der Waals surface area contributed by atoms with Crippen molar-refractivity contribution in [2.24, 2.45) is 0 Å². The molecule has 0 fully saturated rings. The largest absolute Gasteiger partial charge is 0.383 e. The van der Waals surface area contributed by atoms with Crippen LogP contribution in [0.5, 0.6) is 0 Å². The van der Waals surface area contributed by atoms with Crippen molar-refractivity contribution >= 4 is 34.2 Å². The molecule has 2 amide bonds. The Morgan fingerprint density at radius 2 is 1.96 bits per heavy atom. The summed E-state index contributed by atoms with van der Waals surface area (Å²) in [7, 11) is 3.01. The average Bonchev–Trinajstić information content (AvgIpc) is 2.61. The SMILES string of the molecule is Cc1ccncc1-c1cc2cc(NC(=O)C(=O)N(C)C)ncc2c(N)n1. The minimum atomic E-state index is -0.757. The van der Waals surface area contributed by atoms with Gasteiger partial charge in [0.1, 0.15) is 11.6 Å². The van der Waals surface area contributed by atoms with Crippen molar-refractivity contribution in [3.63, 3.8) is 0 Å². The summed E-state index contributed by atoms with van der Waals surface area (Å²) in [6.45, 7) is 1.96. The molecule has 0 saturated heterocycles. The van der Waals surface area contributed by atoms with E-state index in [1.54, 1.807) is 18.5 Å². The lowest BCUT2D eigenvalue weighted by molar-refractivity contribution is -0.141. The number of aryl methyl sites for hydroxylation is 1. The van der Waals surface area contributed by atoms with Crippen LogP contribution in [0.3, 0.4) is 0 Å². The Morgan fingerprint density at radius 3 is 2.65 bits per heavy atom. The summed E-state index contributed by atoms with van der Waals surface area (Å²) < 4.78 is 0. The number of nitrogen functional groups attached to an aromatic ring is 1. The third kappa shape index (κ3) is 3.30. The molecule has 3 heterocycles. The number of rotatable bonds is 2. The molecule has 0 unspecified atom stereocenters. The molecule has 3 aromatic rings. The molecular weight excluding hydrogens is 332 g/mol. The van der Waals surface area contributed by atoms with Crippen LogP contribution in [0.25, 0.3) is 22.0 Å². The maximum atomic E-state index is 11.9. The molecule has 0 aromatic carbocycles. The van der Waals surface area contributed by atoms with Gasteiger partial charge in [-0.1, -0.05) is 0 Å². The first-order valence-corrected chi connectivity index (χ1v) is 7.86. The second-order valence-electron chi connectivity index (χ2n) is 6.03. The topological polar surface area (TPSA) is 114 Å². The van der Waals surface area contributed by atoms with Crippen LogP contribution in [0.4, 0.5) is 11.6 Å². The van der Waals surface area contributed by atoms with E-state index < -0.39 is 11.8 Å². The first-order valence-electron chi connectivity index (χ1n) is 7.86. The van der Waals surface area contributed by atoms with E-state index in [9.17, 15) is 9.59 Å². The molecule has 132 valence electrons. The highest BCUT2D eigenvalue weighted by Crippen LogP contribution is 2.28. The van der Waals surface area contributed by atoms with Crippen LogP contribution in [0, 0.1) is 6.92 Å². The van der Waals surface area contributed by atoms with Gasteiger partial charge < -0.3 is 16.0 Å². The molecule has 26 heavy (non-hydrogen) atoms.